The van der Waals surface area contributed by atoms with Crippen molar-refractivity contribution in [3.63, 3.8) is 0 Å². The van der Waals surface area contributed by atoms with Crippen LogP contribution in [0.2, 0.25) is 0 Å². The molecule has 1 aromatic rings. The van der Waals surface area contributed by atoms with Crippen molar-refractivity contribution in [3.8, 4) is 0 Å². The standard InChI is InChI=1S/C13H14F2O4S/c14-13(15)11-9(20-7-4-2-1-3-5-7)8(17)10(19-11)12(13,18)6-16/h1-5,8-11,16-18H,6H2/t8-,9-,10+,11-,12-/m1/s1. The number of benzene rings is 1. The van der Waals surface area contributed by atoms with E-state index in [1.54, 1.807) is 30.3 Å². The number of thioether (sulfide) groups is 1. The maximum absolute atomic E-state index is 14.2. The van der Waals surface area contributed by atoms with Crippen LogP contribution in [0.15, 0.2) is 35.2 Å². The van der Waals surface area contributed by atoms with Gasteiger partial charge in [0.15, 0.2) is 5.60 Å². The van der Waals surface area contributed by atoms with Crippen LogP contribution in [0.1, 0.15) is 0 Å². The summed E-state index contributed by atoms with van der Waals surface area (Å²) in [4.78, 5) is 0.732. The highest BCUT2D eigenvalue weighted by atomic mass is 32.2. The van der Waals surface area contributed by atoms with E-state index in [0.29, 0.717) is 0 Å². The van der Waals surface area contributed by atoms with Crippen molar-refractivity contribution in [3.05, 3.63) is 30.3 Å². The van der Waals surface area contributed by atoms with Crippen molar-refractivity contribution in [2.75, 3.05) is 6.61 Å². The Hall–Kier alpha value is -0.730. The molecule has 0 spiro atoms. The number of aliphatic hydroxyl groups excluding tert-OH is 2. The normalized spacial score (nSPS) is 42.0. The molecule has 2 bridgehead atoms. The lowest BCUT2D eigenvalue weighted by Crippen LogP contribution is -2.66. The van der Waals surface area contributed by atoms with Gasteiger partial charge >= 0.3 is 5.92 Å². The van der Waals surface area contributed by atoms with Crippen LogP contribution in [-0.4, -0.2) is 57.0 Å². The minimum absolute atomic E-state index is 0.732. The van der Waals surface area contributed by atoms with Gasteiger partial charge in [-0.05, 0) is 12.1 Å². The first-order chi connectivity index (χ1) is 9.41. The second-order valence-corrected chi connectivity index (χ2v) is 6.32. The van der Waals surface area contributed by atoms with Crippen LogP contribution in [0.3, 0.4) is 0 Å². The van der Waals surface area contributed by atoms with E-state index in [9.17, 15) is 19.0 Å². The van der Waals surface area contributed by atoms with Crippen LogP contribution in [0.4, 0.5) is 8.78 Å². The summed E-state index contributed by atoms with van der Waals surface area (Å²) in [5.74, 6) is -3.60. The predicted octanol–water partition coefficient (Wildman–Crippen LogP) is 0.648. The van der Waals surface area contributed by atoms with E-state index in [2.05, 4.69) is 0 Å². The van der Waals surface area contributed by atoms with Gasteiger partial charge in [-0.15, -0.1) is 11.8 Å². The van der Waals surface area contributed by atoms with Gasteiger partial charge in [-0.25, -0.2) is 8.78 Å². The van der Waals surface area contributed by atoms with Crippen molar-refractivity contribution >= 4 is 11.8 Å². The molecule has 0 amide bonds. The van der Waals surface area contributed by atoms with Gasteiger partial charge in [-0.2, -0.15) is 0 Å². The second-order valence-electron chi connectivity index (χ2n) is 5.07. The summed E-state index contributed by atoms with van der Waals surface area (Å²) in [6, 6.07) is 8.84. The summed E-state index contributed by atoms with van der Waals surface area (Å²) in [6.07, 6.45) is -4.36. The number of alkyl halides is 2. The Morgan fingerprint density at radius 2 is 1.85 bits per heavy atom. The zero-order valence-electron chi connectivity index (χ0n) is 10.3. The number of halogens is 2. The molecule has 5 atom stereocenters. The highest BCUT2D eigenvalue weighted by Gasteiger charge is 2.77. The Bertz CT molecular complexity index is 500. The van der Waals surface area contributed by atoms with E-state index in [-0.39, 0.29) is 0 Å². The van der Waals surface area contributed by atoms with Gasteiger partial charge in [0.1, 0.15) is 12.2 Å². The highest BCUT2D eigenvalue weighted by molar-refractivity contribution is 8.00. The highest BCUT2D eigenvalue weighted by Crippen LogP contribution is 2.55. The lowest BCUT2D eigenvalue weighted by molar-refractivity contribution is -0.212. The molecule has 4 nitrogen and oxygen atoms in total. The van der Waals surface area contributed by atoms with Crippen LogP contribution in [0.5, 0.6) is 0 Å². The van der Waals surface area contributed by atoms with Crippen molar-refractivity contribution < 1.29 is 28.8 Å². The Labute approximate surface area is 118 Å². The quantitative estimate of drug-likeness (QED) is 0.765. The zero-order valence-corrected chi connectivity index (χ0v) is 11.1. The van der Waals surface area contributed by atoms with Crippen molar-refractivity contribution in [1.82, 2.24) is 0 Å². The third kappa shape index (κ3) is 1.74. The largest absolute Gasteiger partial charge is 0.393 e. The van der Waals surface area contributed by atoms with Crippen LogP contribution < -0.4 is 0 Å². The minimum Gasteiger partial charge on any atom is -0.393 e. The SMILES string of the molecule is OC[C@@]1(O)[C@H]2O[C@H]([C@H](Sc3ccccc3)[C@H]2O)C1(F)F. The van der Waals surface area contributed by atoms with Gasteiger partial charge in [0, 0.05) is 4.90 Å². The van der Waals surface area contributed by atoms with Gasteiger partial charge in [0.05, 0.1) is 18.0 Å². The summed E-state index contributed by atoms with van der Waals surface area (Å²) in [5, 5.41) is 28.1. The molecule has 7 heteroatoms. The Morgan fingerprint density at radius 1 is 1.20 bits per heavy atom. The van der Waals surface area contributed by atoms with Crippen LogP contribution in [0, 0.1) is 0 Å². The summed E-state index contributed by atoms with van der Waals surface area (Å²) < 4.78 is 33.4. The lowest BCUT2D eigenvalue weighted by atomic mass is 9.80. The molecule has 0 radical (unpaired) electrons. The van der Waals surface area contributed by atoms with Crippen molar-refractivity contribution in [2.45, 2.75) is 40.0 Å². The number of hydrogen-bond acceptors (Lipinski definition) is 5. The first-order valence-corrected chi connectivity index (χ1v) is 7.06. The van der Waals surface area contributed by atoms with Gasteiger partial charge < -0.3 is 20.1 Å². The fourth-order valence-corrected chi connectivity index (χ4v) is 4.04. The molecule has 0 aromatic heterocycles. The van der Waals surface area contributed by atoms with Gasteiger partial charge in [-0.1, -0.05) is 18.2 Å². The molecule has 110 valence electrons. The topological polar surface area (TPSA) is 69.9 Å². The average Bonchev–Trinajstić information content (AvgIpc) is 2.86. The number of fused-ring (bicyclic) bond motifs is 2. The smallest absolute Gasteiger partial charge is 0.307 e. The maximum atomic E-state index is 14.2. The molecule has 0 unspecified atom stereocenters. The first-order valence-electron chi connectivity index (χ1n) is 6.18. The second kappa shape index (κ2) is 4.64. The van der Waals surface area contributed by atoms with Crippen LogP contribution in [-0.2, 0) is 4.74 Å². The monoisotopic (exact) mass is 304 g/mol. The molecule has 3 N–H and O–H groups in total. The van der Waals surface area contributed by atoms with E-state index in [4.69, 9.17) is 9.84 Å². The molecule has 2 fully saturated rings. The van der Waals surface area contributed by atoms with E-state index >= 15 is 0 Å². The zero-order chi connectivity index (χ0) is 14.5. The maximum Gasteiger partial charge on any atom is 0.307 e. The summed E-state index contributed by atoms with van der Waals surface area (Å²) in [6.45, 7) is -1.15. The van der Waals surface area contributed by atoms with E-state index < -0.39 is 41.7 Å². The number of ether oxygens (including phenoxy) is 1. The van der Waals surface area contributed by atoms with E-state index in [1.807, 2.05) is 0 Å². The summed E-state index contributed by atoms with van der Waals surface area (Å²) >= 11 is 1.09. The van der Waals surface area contributed by atoms with Gasteiger partial charge in [0.25, 0.3) is 0 Å². The first kappa shape index (κ1) is 14.2. The van der Waals surface area contributed by atoms with Crippen LogP contribution in [0.25, 0.3) is 0 Å². The molecule has 2 saturated heterocycles. The average molecular weight is 304 g/mol. The molecule has 2 aliphatic heterocycles. The molecular formula is C13H14F2O4S. The lowest BCUT2D eigenvalue weighted by Gasteiger charge is -2.40. The molecule has 0 aliphatic carbocycles. The Kier molecular flexibility index (Phi) is 3.30. The summed E-state index contributed by atoms with van der Waals surface area (Å²) in [5.41, 5.74) is -2.72. The predicted molar refractivity (Wildman–Crippen MR) is 67.7 cm³/mol. The van der Waals surface area contributed by atoms with Gasteiger partial charge in [-0.3, -0.25) is 0 Å². The molecule has 1 aromatic carbocycles. The summed E-state index contributed by atoms with van der Waals surface area (Å²) in [7, 11) is 0. The fraction of sp³-hybridized carbons (Fsp3) is 0.538. The third-order valence-corrected chi connectivity index (χ3v) is 5.24. The molecule has 20 heavy (non-hydrogen) atoms. The van der Waals surface area contributed by atoms with E-state index in [0.717, 1.165) is 16.7 Å². The molecule has 2 heterocycles. The number of rotatable bonds is 3. The Morgan fingerprint density at radius 3 is 2.45 bits per heavy atom. The third-order valence-electron chi connectivity index (χ3n) is 3.90. The Balaban J connectivity index is 1.87. The minimum atomic E-state index is -3.60. The van der Waals surface area contributed by atoms with E-state index in [1.165, 1.54) is 0 Å². The molecule has 0 saturated carbocycles. The van der Waals surface area contributed by atoms with Crippen molar-refractivity contribution in [1.29, 1.82) is 0 Å². The van der Waals surface area contributed by atoms with Gasteiger partial charge in [0.2, 0.25) is 0 Å². The van der Waals surface area contributed by atoms with Crippen molar-refractivity contribution in [2.24, 2.45) is 0 Å². The fourth-order valence-electron chi connectivity index (χ4n) is 2.77. The number of aliphatic hydroxyl groups is 3. The number of hydrogen-bond donors (Lipinski definition) is 3. The molecule has 3 rings (SSSR count). The van der Waals surface area contributed by atoms with Crippen LogP contribution >= 0.6 is 11.8 Å². The molecule has 2 aliphatic rings. The molecular weight excluding hydrogens is 290 g/mol.